The molecular weight excluding hydrogens is 322 g/mol. The number of aromatic amines is 1. The van der Waals surface area contributed by atoms with Crippen molar-refractivity contribution in [2.24, 2.45) is 0 Å². The predicted octanol–water partition coefficient (Wildman–Crippen LogP) is 0.745. The molecule has 0 saturated carbocycles. The number of carbonyl (C=O) groups excluding carboxylic acids is 1. The number of carbonyl (C=O) groups is 1. The highest BCUT2D eigenvalue weighted by atomic mass is 16.5. The first-order valence-corrected chi connectivity index (χ1v) is 8.79. The number of ether oxygens (including phenoxy) is 1. The van der Waals surface area contributed by atoms with E-state index in [2.05, 4.69) is 36.9 Å². The summed E-state index contributed by atoms with van der Waals surface area (Å²) in [7, 11) is 0. The van der Waals surface area contributed by atoms with Crippen molar-refractivity contribution in [1.29, 1.82) is 0 Å². The zero-order valence-corrected chi connectivity index (χ0v) is 14.6. The number of fused-ring (bicyclic) bond motifs is 1. The van der Waals surface area contributed by atoms with Crippen LogP contribution in [-0.2, 0) is 22.5 Å². The lowest BCUT2D eigenvalue weighted by Gasteiger charge is -2.34. The first-order valence-electron chi connectivity index (χ1n) is 8.79. The zero-order chi connectivity index (χ0) is 17.4. The van der Waals surface area contributed by atoms with Crippen molar-refractivity contribution in [3.8, 4) is 0 Å². The molecule has 2 aromatic rings. The topological polar surface area (TPSA) is 102 Å². The molecule has 9 nitrogen and oxygen atoms in total. The number of aryl methyl sites for hydroxylation is 1. The second-order valence-corrected chi connectivity index (χ2v) is 6.87. The lowest BCUT2D eigenvalue weighted by Crippen LogP contribution is -2.41. The molecule has 2 aromatic heterocycles. The van der Waals surface area contributed by atoms with Crippen molar-refractivity contribution < 1.29 is 9.53 Å². The van der Waals surface area contributed by atoms with E-state index in [4.69, 9.17) is 4.74 Å². The molecule has 0 aromatic carbocycles. The van der Waals surface area contributed by atoms with Gasteiger partial charge in [-0.05, 0) is 26.7 Å². The zero-order valence-electron chi connectivity index (χ0n) is 14.6. The maximum absolute atomic E-state index is 12.6. The molecule has 2 aliphatic rings. The fourth-order valence-corrected chi connectivity index (χ4v) is 3.70. The van der Waals surface area contributed by atoms with Crippen LogP contribution in [0, 0.1) is 6.92 Å². The molecule has 25 heavy (non-hydrogen) atoms. The Balaban J connectivity index is 1.49. The van der Waals surface area contributed by atoms with Gasteiger partial charge in [0.25, 0.3) is 0 Å². The van der Waals surface area contributed by atoms with Gasteiger partial charge in [0, 0.05) is 25.7 Å². The molecule has 134 valence electrons. The van der Waals surface area contributed by atoms with Crippen molar-refractivity contribution in [2.75, 3.05) is 19.8 Å². The summed E-state index contributed by atoms with van der Waals surface area (Å²) >= 11 is 0. The van der Waals surface area contributed by atoms with E-state index >= 15 is 0 Å². The Morgan fingerprint density at radius 3 is 2.84 bits per heavy atom. The maximum Gasteiger partial charge on any atom is 0.230 e. The van der Waals surface area contributed by atoms with E-state index in [-0.39, 0.29) is 18.4 Å². The van der Waals surface area contributed by atoms with Crippen LogP contribution in [0.25, 0.3) is 0 Å². The summed E-state index contributed by atoms with van der Waals surface area (Å²) in [5.74, 6) is 3.58. The van der Waals surface area contributed by atoms with Crippen molar-refractivity contribution in [3.05, 3.63) is 23.3 Å². The van der Waals surface area contributed by atoms with E-state index < -0.39 is 0 Å². The highest BCUT2D eigenvalue weighted by molar-refractivity contribution is 5.78. The molecule has 1 fully saturated rings. The molecule has 2 aliphatic heterocycles. The van der Waals surface area contributed by atoms with Gasteiger partial charge in [-0.3, -0.25) is 9.89 Å². The van der Waals surface area contributed by atoms with Crippen LogP contribution in [0.4, 0.5) is 0 Å². The Labute approximate surface area is 145 Å². The number of hydrogen-bond acceptors (Lipinski definition) is 6. The Morgan fingerprint density at radius 2 is 2.12 bits per heavy atom. The quantitative estimate of drug-likeness (QED) is 0.880. The third-order valence-corrected chi connectivity index (χ3v) is 4.94. The number of nitrogens with zero attached hydrogens (tertiary/aromatic N) is 6. The minimum absolute atomic E-state index is 0.0210. The highest BCUT2D eigenvalue weighted by Crippen LogP contribution is 2.30. The van der Waals surface area contributed by atoms with Crippen LogP contribution in [0.3, 0.4) is 0 Å². The van der Waals surface area contributed by atoms with Crippen LogP contribution in [0.5, 0.6) is 0 Å². The molecule has 9 heteroatoms. The van der Waals surface area contributed by atoms with Crippen molar-refractivity contribution in [2.45, 2.75) is 51.6 Å². The lowest BCUT2D eigenvalue weighted by atomic mass is 9.99. The van der Waals surface area contributed by atoms with Crippen LogP contribution >= 0.6 is 0 Å². The number of hydrogen-bond donors (Lipinski definition) is 1. The summed E-state index contributed by atoms with van der Waals surface area (Å²) in [5.41, 5.74) is 0. The monoisotopic (exact) mass is 345 g/mol. The van der Waals surface area contributed by atoms with Crippen LogP contribution in [0.1, 0.15) is 55.0 Å². The van der Waals surface area contributed by atoms with Crippen molar-refractivity contribution >= 4 is 5.91 Å². The lowest BCUT2D eigenvalue weighted by molar-refractivity contribution is -0.132. The fourth-order valence-electron chi connectivity index (χ4n) is 3.70. The van der Waals surface area contributed by atoms with Crippen LogP contribution < -0.4 is 0 Å². The number of nitrogens with one attached hydrogen (secondary N) is 1. The molecule has 1 amide bonds. The van der Waals surface area contributed by atoms with E-state index in [1.807, 2.05) is 11.8 Å². The largest absolute Gasteiger partial charge is 0.381 e. The van der Waals surface area contributed by atoms with Gasteiger partial charge in [-0.15, -0.1) is 10.2 Å². The molecule has 0 unspecified atom stereocenters. The second kappa shape index (κ2) is 6.55. The first kappa shape index (κ1) is 16.2. The SMILES string of the molecule is Cc1nc(CC(=O)N2Cc3nnc(C4CCOCC4)n3[C@@H](C)C2)n[nH]1. The van der Waals surface area contributed by atoms with Gasteiger partial charge < -0.3 is 14.2 Å². The summed E-state index contributed by atoms with van der Waals surface area (Å²) in [6, 6.07) is 0.162. The van der Waals surface area contributed by atoms with Gasteiger partial charge in [0.2, 0.25) is 5.91 Å². The molecule has 0 aliphatic carbocycles. The number of aromatic nitrogens is 6. The average Bonchev–Trinajstić information content (AvgIpc) is 3.22. The summed E-state index contributed by atoms with van der Waals surface area (Å²) in [5, 5.41) is 15.6. The number of H-pyrrole nitrogens is 1. The standard InChI is InChI=1S/C16H23N7O2/c1-10-8-22(15(24)7-13-17-11(2)18-19-13)9-14-20-21-16(23(10)14)12-3-5-25-6-4-12/h10,12H,3-9H2,1-2H3,(H,17,18,19)/t10-/m0/s1. The number of rotatable bonds is 3. The Hall–Kier alpha value is -2.29. The van der Waals surface area contributed by atoms with Crippen molar-refractivity contribution in [3.63, 3.8) is 0 Å². The van der Waals surface area contributed by atoms with E-state index in [1.165, 1.54) is 0 Å². The summed E-state index contributed by atoms with van der Waals surface area (Å²) in [4.78, 5) is 18.6. The van der Waals surface area contributed by atoms with Gasteiger partial charge in [-0.1, -0.05) is 0 Å². The maximum atomic E-state index is 12.6. The second-order valence-electron chi connectivity index (χ2n) is 6.87. The Bertz CT molecular complexity index is 762. The molecule has 4 rings (SSSR count). The van der Waals surface area contributed by atoms with Gasteiger partial charge >= 0.3 is 0 Å². The third-order valence-electron chi connectivity index (χ3n) is 4.94. The van der Waals surface area contributed by atoms with Gasteiger partial charge in [0.05, 0.1) is 19.0 Å². The molecule has 0 bridgehead atoms. The van der Waals surface area contributed by atoms with E-state index in [9.17, 15) is 4.79 Å². The molecule has 1 N–H and O–H groups in total. The van der Waals surface area contributed by atoms with E-state index in [0.29, 0.717) is 24.8 Å². The van der Waals surface area contributed by atoms with Gasteiger partial charge in [-0.25, -0.2) is 4.98 Å². The van der Waals surface area contributed by atoms with Gasteiger partial charge in [0.15, 0.2) is 11.6 Å². The van der Waals surface area contributed by atoms with Crippen molar-refractivity contribution in [1.82, 2.24) is 34.8 Å². The summed E-state index contributed by atoms with van der Waals surface area (Å²) in [6.45, 7) is 6.65. The minimum Gasteiger partial charge on any atom is -0.381 e. The highest BCUT2D eigenvalue weighted by Gasteiger charge is 2.32. The summed E-state index contributed by atoms with van der Waals surface area (Å²) in [6.07, 6.45) is 2.17. The third kappa shape index (κ3) is 3.15. The Morgan fingerprint density at radius 1 is 1.32 bits per heavy atom. The van der Waals surface area contributed by atoms with Gasteiger partial charge in [-0.2, -0.15) is 5.10 Å². The Kier molecular flexibility index (Phi) is 4.24. The van der Waals surface area contributed by atoms with E-state index in [1.54, 1.807) is 0 Å². The molecule has 0 radical (unpaired) electrons. The molecule has 1 atom stereocenters. The molecule has 0 spiro atoms. The average molecular weight is 345 g/mol. The van der Waals surface area contributed by atoms with E-state index in [0.717, 1.165) is 43.5 Å². The van der Waals surface area contributed by atoms with Crippen LogP contribution in [0.2, 0.25) is 0 Å². The van der Waals surface area contributed by atoms with Gasteiger partial charge in [0.1, 0.15) is 11.6 Å². The van der Waals surface area contributed by atoms with Crippen LogP contribution in [0.15, 0.2) is 0 Å². The molecule has 1 saturated heterocycles. The normalized spacial score (nSPS) is 21.4. The molecular formula is C16H23N7O2. The number of amides is 1. The summed E-state index contributed by atoms with van der Waals surface area (Å²) < 4.78 is 7.67. The minimum atomic E-state index is 0.0210. The molecule has 4 heterocycles. The first-order chi connectivity index (χ1) is 12.1. The van der Waals surface area contributed by atoms with Crippen LogP contribution in [-0.4, -0.2) is 60.5 Å². The predicted molar refractivity (Wildman–Crippen MR) is 87.8 cm³/mol. The smallest absolute Gasteiger partial charge is 0.230 e. The fraction of sp³-hybridized carbons (Fsp3) is 0.688.